The number of amides is 1. The van der Waals surface area contributed by atoms with E-state index in [9.17, 15) is 13.2 Å². The van der Waals surface area contributed by atoms with E-state index >= 15 is 0 Å². The Bertz CT molecular complexity index is 297. The van der Waals surface area contributed by atoms with Gasteiger partial charge in [-0.15, -0.1) is 0 Å². The Kier molecular flexibility index (Phi) is 4.34. The highest BCUT2D eigenvalue weighted by atomic mass is 32.2. The quantitative estimate of drug-likeness (QED) is 0.685. The zero-order valence-corrected chi connectivity index (χ0v) is 9.56. The molecular weight excluding hydrogens is 208 g/mol. The molecule has 0 saturated heterocycles. The number of methoxy groups -OCH3 is 1. The zero-order chi connectivity index (χ0) is 11.4. The Morgan fingerprint density at radius 3 is 2.29 bits per heavy atom. The van der Waals surface area contributed by atoms with Crippen LogP contribution in [0.25, 0.3) is 0 Å². The van der Waals surface area contributed by atoms with Gasteiger partial charge in [0.2, 0.25) is 10.0 Å². The number of carbonyl (C=O) groups excluding carboxylic acids is 1. The monoisotopic (exact) mass is 224 g/mol. The lowest BCUT2D eigenvalue weighted by Crippen LogP contribution is -2.50. The molecule has 0 rings (SSSR count). The summed E-state index contributed by atoms with van der Waals surface area (Å²) in [5.41, 5.74) is -0.734. The fourth-order valence-corrected chi connectivity index (χ4v) is 1.98. The number of hydrogen-bond donors (Lipinski definition) is 2. The van der Waals surface area contributed by atoms with E-state index in [0.29, 0.717) is 0 Å². The summed E-state index contributed by atoms with van der Waals surface area (Å²) in [6, 6.07) is 0. The summed E-state index contributed by atoms with van der Waals surface area (Å²) in [6.07, 6.45) is 0.473. The Morgan fingerprint density at radius 2 is 1.93 bits per heavy atom. The van der Waals surface area contributed by atoms with Gasteiger partial charge >= 0.3 is 6.09 Å². The molecule has 0 aliphatic carbocycles. The van der Waals surface area contributed by atoms with Crippen molar-refractivity contribution in [2.75, 3.05) is 19.9 Å². The smallest absolute Gasteiger partial charge is 0.406 e. The average molecular weight is 224 g/mol. The van der Waals surface area contributed by atoms with Gasteiger partial charge in [-0.2, -0.15) is 0 Å². The number of nitrogens with one attached hydrogen (secondary N) is 2. The molecule has 0 aromatic carbocycles. The van der Waals surface area contributed by atoms with E-state index in [0.717, 1.165) is 6.26 Å². The fourth-order valence-electron chi connectivity index (χ4n) is 0.903. The van der Waals surface area contributed by atoms with Crippen molar-refractivity contribution in [2.24, 2.45) is 0 Å². The minimum absolute atomic E-state index is 0.159. The Morgan fingerprint density at radius 1 is 1.43 bits per heavy atom. The molecule has 0 aromatic rings. The maximum absolute atomic E-state index is 10.9. The molecule has 7 heteroatoms. The van der Waals surface area contributed by atoms with Gasteiger partial charge in [0.15, 0.2) is 0 Å². The topological polar surface area (TPSA) is 84.5 Å². The SMILES string of the molecule is COC(=O)NCC(C)(C)NS(C)(=O)=O. The lowest BCUT2D eigenvalue weighted by molar-refractivity contribution is 0.168. The maximum atomic E-state index is 10.9. The normalized spacial score (nSPS) is 12.3. The second-order valence-electron chi connectivity index (χ2n) is 3.60. The second-order valence-corrected chi connectivity index (χ2v) is 5.35. The summed E-state index contributed by atoms with van der Waals surface area (Å²) in [5.74, 6) is 0. The predicted molar refractivity (Wildman–Crippen MR) is 52.5 cm³/mol. The van der Waals surface area contributed by atoms with E-state index in [1.807, 2.05) is 0 Å². The Hall–Kier alpha value is -0.820. The van der Waals surface area contributed by atoms with Crippen LogP contribution in [-0.2, 0) is 14.8 Å². The fraction of sp³-hybridized carbons (Fsp3) is 0.857. The van der Waals surface area contributed by atoms with Gasteiger partial charge in [0, 0.05) is 12.1 Å². The second kappa shape index (κ2) is 4.61. The molecule has 0 radical (unpaired) electrons. The molecule has 0 saturated carbocycles. The number of sulfonamides is 1. The minimum atomic E-state index is -3.28. The molecule has 14 heavy (non-hydrogen) atoms. The predicted octanol–water partition coefficient (Wildman–Crippen LogP) is -0.330. The standard InChI is InChI=1S/C7H16N2O4S/c1-7(2,9-14(4,11)12)5-8-6(10)13-3/h9H,5H2,1-4H3,(H,8,10). The van der Waals surface area contributed by atoms with E-state index in [4.69, 9.17) is 0 Å². The molecule has 0 atom stereocenters. The number of rotatable bonds is 4. The van der Waals surface area contributed by atoms with Gasteiger partial charge in [0.25, 0.3) is 0 Å². The highest BCUT2D eigenvalue weighted by molar-refractivity contribution is 7.88. The molecule has 6 nitrogen and oxygen atoms in total. The van der Waals surface area contributed by atoms with E-state index in [-0.39, 0.29) is 6.54 Å². The van der Waals surface area contributed by atoms with E-state index < -0.39 is 21.7 Å². The van der Waals surface area contributed by atoms with Gasteiger partial charge in [0.05, 0.1) is 13.4 Å². The molecule has 0 aromatic heterocycles. The van der Waals surface area contributed by atoms with Gasteiger partial charge < -0.3 is 10.1 Å². The third kappa shape index (κ3) is 6.67. The van der Waals surface area contributed by atoms with Gasteiger partial charge in [-0.1, -0.05) is 0 Å². The molecule has 2 N–H and O–H groups in total. The Balaban J connectivity index is 4.15. The molecule has 1 amide bonds. The van der Waals surface area contributed by atoms with Crippen molar-refractivity contribution < 1.29 is 17.9 Å². The molecular formula is C7H16N2O4S. The first-order valence-corrected chi connectivity index (χ1v) is 5.86. The molecule has 0 unspecified atom stereocenters. The van der Waals surface area contributed by atoms with Crippen molar-refractivity contribution >= 4 is 16.1 Å². The highest BCUT2D eigenvalue weighted by Crippen LogP contribution is 2.01. The number of carbonyl (C=O) groups is 1. The molecule has 84 valence electrons. The van der Waals surface area contributed by atoms with Gasteiger partial charge in [-0.05, 0) is 13.8 Å². The van der Waals surface area contributed by atoms with E-state index in [2.05, 4.69) is 14.8 Å². The van der Waals surface area contributed by atoms with Crippen LogP contribution in [-0.4, -0.2) is 40.0 Å². The first kappa shape index (κ1) is 13.2. The first-order valence-electron chi connectivity index (χ1n) is 3.97. The van der Waals surface area contributed by atoms with Crippen molar-refractivity contribution in [2.45, 2.75) is 19.4 Å². The first-order chi connectivity index (χ1) is 6.16. The molecule has 0 aliphatic rings. The molecule has 0 spiro atoms. The molecule has 0 heterocycles. The van der Waals surface area contributed by atoms with Crippen molar-refractivity contribution in [3.05, 3.63) is 0 Å². The lowest BCUT2D eigenvalue weighted by Gasteiger charge is -2.24. The van der Waals surface area contributed by atoms with E-state index in [1.54, 1.807) is 13.8 Å². The summed E-state index contributed by atoms with van der Waals surface area (Å²) in [5, 5.41) is 2.41. The van der Waals surface area contributed by atoms with Crippen molar-refractivity contribution in [3.63, 3.8) is 0 Å². The highest BCUT2D eigenvalue weighted by Gasteiger charge is 2.22. The van der Waals surface area contributed by atoms with Crippen LogP contribution in [0.2, 0.25) is 0 Å². The van der Waals surface area contributed by atoms with Gasteiger partial charge in [-0.25, -0.2) is 17.9 Å². The molecule has 0 fully saturated rings. The van der Waals surface area contributed by atoms with Crippen molar-refractivity contribution in [1.29, 1.82) is 0 Å². The summed E-state index contributed by atoms with van der Waals surface area (Å²) in [7, 11) is -2.04. The van der Waals surface area contributed by atoms with Crippen LogP contribution in [0.5, 0.6) is 0 Å². The number of ether oxygens (including phenoxy) is 1. The Labute approximate surface area is 84.1 Å². The third-order valence-electron chi connectivity index (χ3n) is 1.32. The largest absolute Gasteiger partial charge is 0.453 e. The summed E-state index contributed by atoms with van der Waals surface area (Å²) < 4.78 is 28.5. The van der Waals surface area contributed by atoms with Crippen LogP contribution in [0.1, 0.15) is 13.8 Å². The zero-order valence-electron chi connectivity index (χ0n) is 8.75. The lowest BCUT2D eigenvalue weighted by atomic mass is 10.1. The number of hydrogen-bond acceptors (Lipinski definition) is 4. The van der Waals surface area contributed by atoms with Crippen LogP contribution < -0.4 is 10.0 Å². The van der Waals surface area contributed by atoms with Crippen LogP contribution in [0, 0.1) is 0 Å². The third-order valence-corrected chi connectivity index (χ3v) is 2.25. The minimum Gasteiger partial charge on any atom is -0.453 e. The summed E-state index contributed by atoms with van der Waals surface area (Å²) >= 11 is 0. The van der Waals surface area contributed by atoms with Crippen LogP contribution in [0.4, 0.5) is 4.79 Å². The summed E-state index contributed by atoms with van der Waals surface area (Å²) in [6.45, 7) is 3.47. The van der Waals surface area contributed by atoms with Crippen molar-refractivity contribution in [1.82, 2.24) is 10.0 Å². The molecule has 0 bridgehead atoms. The average Bonchev–Trinajstić information content (AvgIpc) is 1.96. The maximum Gasteiger partial charge on any atom is 0.406 e. The summed E-state index contributed by atoms with van der Waals surface area (Å²) in [4.78, 5) is 10.7. The van der Waals surface area contributed by atoms with Crippen LogP contribution in [0.15, 0.2) is 0 Å². The van der Waals surface area contributed by atoms with E-state index in [1.165, 1.54) is 7.11 Å². The van der Waals surface area contributed by atoms with Gasteiger partial charge in [-0.3, -0.25) is 0 Å². The van der Waals surface area contributed by atoms with Crippen LogP contribution >= 0.6 is 0 Å². The molecule has 0 aliphatic heterocycles. The number of alkyl carbamates (subject to hydrolysis) is 1. The van der Waals surface area contributed by atoms with Gasteiger partial charge in [0.1, 0.15) is 0 Å². The van der Waals surface area contributed by atoms with Crippen molar-refractivity contribution in [3.8, 4) is 0 Å². The van der Waals surface area contributed by atoms with Crippen LogP contribution in [0.3, 0.4) is 0 Å².